The van der Waals surface area contributed by atoms with Crippen LogP contribution in [0.3, 0.4) is 0 Å². The summed E-state index contributed by atoms with van der Waals surface area (Å²) in [6, 6.07) is 0.725. The fraction of sp³-hybridized carbons (Fsp3) is 1.00. The van der Waals surface area contributed by atoms with Gasteiger partial charge in [-0.05, 0) is 57.4 Å². The fourth-order valence-electron chi connectivity index (χ4n) is 3.94. The van der Waals surface area contributed by atoms with Crippen LogP contribution in [0.4, 0.5) is 0 Å². The van der Waals surface area contributed by atoms with Crippen molar-refractivity contribution in [1.82, 2.24) is 4.90 Å². The van der Waals surface area contributed by atoms with Gasteiger partial charge in [-0.25, -0.2) is 0 Å². The van der Waals surface area contributed by atoms with E-state index >= 15 is 0 Å². The van der Waals surface area contributed by atoms with Crippen molar-refractivity contribution in [3.05, 3.63) is 0 Å². The lowest BCUT2D eigenvalue weighted by Crippen LogP contribution is -2.59. The minimum Gasteiger partial charge on any atom is -0.329 e. The molecule has 2 aliphatic rings. The van der Waals surface area contributed by atoms with Gasteiger partial charge >= 0.3 is 0 Å². The SMILES string of the molecule is CC1CCC(CN)(N2CCCC(C)C2C)C1. The smallest absolute Gasteiger partial charge is 0.0337 e. The fourth-order valence-corrected chi connectivity index (χ4v) is 3.94. The molecule has 1 heterocycles. The zero-order valence-electron chi connectivity index (χ0n) is 11.2. The Bertz CT molecular complexity index is 241. The van der Waals surface area contributed by atoms with E-state index < -0.39 is 0 Å². The van der Waals surface area contributed by atoms with Crippen LogP contribution >= 0.6 is 0 Å². The molecule has 0 amide bonds. The molecule has 0 aromatic heterocycles. The Kier molecular flexibility index (Phi) is 3.60. The first kappa shape index (κ1) is 12.4. The van der Waals surface area contributed by atoms with E-state index in [4.69, 9.17) is 5.73 Å². The van der Waals surface area contributed by atoms with Gasteiger partial charge in [0.25, 0.3) is 0 Å². The minimum atomic E-state index is 0.341. The second-order valence-electron chi connectivity index (χ2n) is 6.33. The average Bonchev–Trinajstić information content (AvgIpc) is 2.65. The lowest BCUT2D eigenvalue weighted by molar-refractivity contribution is 0.00589. The second-order valence-corrected chi connectivity index (χ2v) is 6.33. The van der Waals surface area contributed by atoms with E-state index in [-0.39, 0.29) is 0 Å². The molecule has 4 atom stereocenters. The van der Waals surface area contributed by atoms with Crippen LogP contribution in [0, 0.1) is 11.8 Å². The van der Waals surface area contributed by atoms with Crippen LogP contribution in [0.1, 0.15) is 52.9 Å². The van der Waals surface area contributed by atoms with Crippen molar-refractivity contribution in [3.8, 4) is 0 Å². The Balaban J connectivity index is 2.14. The van der Waals surface area contributed by atoms with E-state index in [1.807, 2.05) is 0 Å². The van der Waals surface area contributed by atoms with Crippen LogP contribution in [-0.2, 0) is 0 Å². The molecular weight excluding hydrogens is 196 g/mol. The summed E-state index contributed by atoms with van der Waals surface area (Å²) in [5, 5.41) is 0. The van der Waals surface area contributed by atoms with Gasteiger partial charge in [0.05, 0.1) is 0 Å². The first-order valence-electron chi connectivity index (χ1n) is 7.06. The zero-order chi connectivity index (χ0) is 11.8. The minimum absolute atomic E-state index is 0.341. The van der Waals surface area contributed by atoms with Gasteiger partial charge in [0, 0.05) is 18.1 Å². The number of hydrogen-bond donors (Lipinski definition) is 1. The van der Waals surface area contributed by atoms with E-state index in [1.165, 1.54) is 38.6 Å². The van der Waals surface area contributed by atoms with Crippen LogP contribution in [0.15, 0.2) is 0 Å². The number of piperidine rings is 1. The van der Waals surface area contributed by atoms with E-state index in [0.717, 1.165) is 24.4 Å². The number of rotatable bonds is 2. The summed E-state index contributed by atoms with van der Waals surface area (Å²) in [5.41, 5.74) is 6.47. The molecule has 2 nitrogen and oxygen atoms in total. The molecule has 1 saturated carbocycles. The van der Waals surface area contributed by atoms with Crippen LogP contribution < -0.4 is 5.73 Å². The van der Waals surface area contributed by atoms with Crippen molar-refractivity contribution >= 4 is 0 Å². The van der Waals surface area contributed by atoms with Gasteiger partial charge in [-0.1, -0.05) is 13.8 Å². The van der Waals surface area contributed by atoms with Gasteiger partial charge in [-0.2, -0.15) is 0 Å². The molecule has 0 radical (unpaired) electrons. The van der Waals surface area contributed by atoms with E-state index in [0.29, 0.717) is 5.54 Å². The van der Waals surface area contributed by atoms with Crippen LogP contribution in [0.25, 0.3) is 0 Å². The van der Waals surface area contributed by atoms with Crippen molar-refractivity contribution in [2.75, 3.05) is 13.1 Å². The lowest BCUT2D eigenvalue weighted by atomic mass is 9.84. The van der Waals surface area contributed by atoms with E-state index in [2.05, 4.69) is 25.7 Å². The Morgan fingerprint density at radius 2 is 2.00 bits per heavy atom. The first-order valence-corrected chi connectivity index (χ1v) is 7.06. The molecule has 0 bridgehead atoms. The Morgan fingerprint density at radius 3 is 2.56 bits per heavy atom. The maximum absolute atomic E-state index is 6.13. The first-order chi connectivity index (χ1) is 7.59. The summed E-state index contributed by atoms with van der Waals surface area (Å²) in [6.07, 6.45) is 6.77. The Morgan fingerprint density at radius 1 is 1.25 bits per heavy atom. The molecule has 1 aliphatic heterocycles. The van der Waals surface area contributed by atoms with Gasteiger partial charge in [-0.15, -0.1) is 0 Å². The topological polar surface area (TPSA) is 29.3 Å². The maximum Gasteiger partial charge on any atom is 0.0337 e. The highest BCUT2D eigenvalue weighted by molar-refractivity contribution is 5.01. The molecule has 0 aromatic carbocycles. The molecule has 16 heavy (non-hydrogen) atoms. The van der Waals surface area contributed by atoms with Gasteiger partial charge in [-0.3, -0.25) is 4.90 Å². The molecule has 4 unspecified atom stereocenters. The van der Waals surface area contributed by atoms with Crippen molar-refractivity contribution in [3.63, 3.8) is 0 Å². The highest BCUT2D eigenvalue weighted by Crippen LogP contribution is 2.42. The normalized spacial score (nSPS) is 46.1. The van der Waals surface area contributed by atoms with Crippen molar-refractivity contribution in [1.29, 1.82) is 0 Å². The summed E-state index contributed by atoms with van der Waals surface area (Å²) >= 11 is 0. The summed E-state index contributed by atoms with van der Waals surface area (Å²) in [6.45, 7) is 9.32. The predicted octanol–water partition coefficient (Wildman–Crippen LogP) is 2.62. The van der Waals surface area contributed by atoms with Gasteiger partial charge in [0.15, 0.2) is 0 Å². The monoisotopic (exact) mass is 224 g/mol. The molecule has 2 fully saturated rings. The van der Waals surface area contributed by atoms with E-state index in [9.17, 15) is 0 Å². The quantitative estimate of drug-likeness (QED) is 0.781. The van der Waals surface area contributed by atoms with E-state index in [1.54, 1.807) is 0 Å². The highest BCUT2D eigenvalue weighted by Gasteiger charge is 2.44. The lowest BCUT2D eigenvalue weighted by Gasteiger charge is -2.49. The molecule has 2 heteroatoms. The van der Waals surface area contributed by atoms with Crippen molar-refractivity contribution in [2.24, 2.45) is 17.6 Å². The molecule has 0 aromatic rings. The molecule has 1 saturated heterocycles. The number of nitrogens with zero attached hydrogens (tertiary/aromatic N) is 1. The average molecular weight is 224 g/mol. The standard InChI is InChI=1S/C14H28N2/c1-11-6-7-14(9-11,10-15)16-8-4-5-12(2)13(16)3/h11-13H,4-10,15H2,1-3H3. The molecule has 1 aliphatic carbocycles. The van der Waals surface area contributed by atoms with Crippen LogP contribution in [0.2, 0.25) is 0 Å². The summed E-state index contributed by atoms with van der Waals surface area (Å²) in [5.74, 6) is 1.71. The largest absolute Gasteiger partial charge is 0.329 e. The third-order valence-corrected chi connectivity index (χ3v) is 5.19. The maximum atomic E-state index is 6.13. The van der Waals surface area contributed by atoms with Gasteiger partial charge in [0.2, 0.25) is 0 Å². The molecule has 0 spiro atoms. The second kappa shape index (κ2) is 4.66. The van der Waals surface area contributed by atoms with Crippen LogP contribution in [-0.4, -0.2) is 29.6 Å². The zero-order valence-corrected chi connectivity index (χ0v) is 11.2. The number of hydrogen-bond acceptors (Lipinski definition) is 2. The molecule has 94 valence electrons. The number of likely N-dealkylation sites (tertiary alicyclic amines) is 1. The van der Waals surface area contributed by atoms with Crippen LogP contribution in [0.5, 0.6) is 0 Å². The third kappa shape index (κ3) is 2.02. The Hall–Kier alpha value is -0.0800. The summed E-state index contributed by atoms with van der Waals surface area (Å²) in [7, 11) is 0. The van der Waals surface area contributed by atoms with Gasteiger partial charge in [0.1, 0.15) is 0 Å². The van der Waals surface area contributed by atoms with Crippen molar-refractivity contribution in [2.45, 2.75) is 64.5 Å². The summed E-state index contributed by atoms with van der Waals surface area (Å²) < 4.78 is 0. The summed E-state index contributed by atoms with van der Waals surface area (Å²) in [4.78, 5) is 2.75. The number of nitrogens with two attached hydrogens (primary N) is 1. The van der Waals surface area contributed by atoms with Crippen molar-refractivity contribution < 1.29 is 0 Å². The van der Waals surface area contributed by atoms with Gasteiger partial charge < -0.3 is 5.73 Å². The predicted molar refractivity (Wildman–Crippen MR) is 69.4 cm³/mol. The molecule has 2 rings (SSSR count). The Labute approximate surface area is 101 Å². The highest BCUT2D eigenvalue weighted by atomic mass is 15.2. The molecule has 2 N–H and O–H groups in total. The molecular formula is C14H28N2. The third-order valence-electron chi connectivity index (χ3n) is 5.19.